The molecule has 2 N–H and O–H groups in total. The number of methoxy groups -OCH3 is 1. The van der Waals surface area contributed by atoms with Crippen LogP contribution in [0.5, 0.6) is 0 Å². The lowest BCUT2D eigenvalue weighted by atomic mass is 10.1. The van der Waals surface area contributed by atoms with Crippen LogP contribution in [0.4, 0.5) is 5.69 Å². The van der Waals surface area contributed by atoms with Crippen LogP contribution in [0.15, 0.2) is 29.3 Å². The number of anilines is 1. The van der Waals surface area contributed by atoms with Gasteiger partial charge in [0, 0.05) is 59.1 Å². The Bertz CT molecular complexity index is 600. The number of nitrogens with one attached hydrogen (secondary N) is 2. The molecule has 1 aliphatic heterocycles. The van der Waals surface area contributed by atoms with E-state index in [1.807, 2.05) is 0 Å². The van der Waals surface area contributed by atoms with Crippen molar-refractivity contribution in [3.8, 4) is 0 Å². The number of guanidine groups is 1. The van der Waals surface area contributed by atoms with Crippen LogP contribution in [-0.4, -0.2) is 76.4 Å². The molecule has 1 fully saturated rings. The molecular weight excluding hydrogens is 465 g/mol. The van der Waals surface area contributed by atoms with Gasteiger partial charge in [-0.05, 0) is 51.4 Å². The van der Waals surface area contributed by atoms with Gasteiger partial charge in [-0.2, -0.15) is 0 Å². The van der Waals surface area contributed by atoms with Gasteiger partial charge in [-0.3, -0.25) is 9.89 Å². The van der Waals surface area contributed by atoms with Crippen LogP contribution in [-0.2, 0) is 4.74 Å². The molecule has 0 aromatic heterocycles. The van der Waals surface area contributed by atoms with Gasteiger partial charge in [-0.1, -0.05) is 12.1 Å². The van der Waals surface area contributed by atoms with E-state index in [2.05, 4.69) is 70.5 Å². The fourth-order valence-corrected chi connectivity index (χ4v) is 3.15. The Morgan fingerprint density at radius 3 is 2.50 bits per heavy atom. The van der Waals surface area contributed by atoms with Crippen LogP contribution in [0.2, 0.25) is 0 Å². The Kier molecular flexibility index (Phi) is 11.1. The third-order valence-electron chi connectivity index (χ3n) is 5.14. The Morgan fingerprint density at radius 1 is 1.18 bits per heavy atom. The number of piperazine rings is 1. The third-order valence-corrected chi connectivity index (χ3v) is 5.14. The quantitative estimate of drug-likeness (QED) is 0.247. The molecule has 28 heavy (non-hydrogen) atoms. The number of aliphatic imine (C=N–C) groups is 1. The molecule has 0 saturated carbocycles. The van der Waals surface area contributed by atoms with Gasteiger partial charge in [0.1, 0.15) is 0 Å². The minimum Gasteiger partial charge on any atom is -0.377 e. The van der Waals surface area contributed by atoms with Crippen molar-refractivity contribution in [2.24, 2.45) is 4.99 Å². The summed E-state index contributed by atoms with van der Waals surface area (Å²) in [6.45, 7) is 13.5. The molecule has 0 radical (unpaired) electrons. The first-order valence-corrected chi connectivity index (χ1v) is 9.97. The van der Waals surface area contributed by atoms with Crippen molar-refractivity contribution in [1.29, 1.82) is 0 Å². The summed E-state index contributed by atoms with van der Waals surface area (Å²) in [4.78, 5) is 9.32. The number of benzene rings is 1. The van der Waals surface area contributed by atoms with E-state index in [0.29, 0.717) is 0 Å². The van der Waals surface area contributed by atoms with E-state index in [1.165, 1.54) is 11.3 Å². The number of rotatable bonds is 8. The largest absolute Gasteiger partial charge is 0.377 e. The summed E-state index contributed by atoms with van der Waals surface area (Å²) in [6.07, 6.45) is 1.11. The SMILES string of the molecule is CN=C(NCCCN1CCN(c2cccc(C)c2)CC1)NCC(C)(C)OC.I. The summed E-state index contributed by atoms with van der Waals surface area (Å²) in [5, 5.41) is 6.71. The molecule has 6 nitrogen and oxygen atoms in total. The number of nitrogens with zero attached hydrogens (tertiary/aromatic N) is 3. The monoisotopic (exact) mass is 503 g/mol. The predicted octanol–water partition coefficient (Wildman–Crippen LogP) is 2.72. The number of hydrogen-bond donors (Lipinski definition) is 2. The standard InChI is InChI=1S/C21H37N5O.HI/c1-18-8-6-9-19(16-18)26-14-12-25(13-15-26)11-7-10-23-20(22-4)24-17-21(2,3)27-5;/h6,8-9,16H,7,10-15,17H2,1-5H3,(H2,22,23,24);1H. The van der Waals surface area contributed by atoms with Crippen molar-refractivity contribution >= 4 is 35.6 Å². The van der Waals surface area contributed by atoms with Gasteiger partial charge in [0.2, 0.25) is 0 Å². The second kappa shape index (κ2) is 12.5. The van der Waals surface area contributed by atoms with Crippen LogP contribution in [0.1, 0.15) is 25.8 Å². The van der Waals surface area contributed by atoms with Crippen LogP contribution in [0, 0.1) is 6.92 Å². The maximum absolute atomic E-state index is 5.43. The summed E-state index contributed by atoms with van der Waals surface area (Å²) >= 11 is 0. The highest BCUT2D eigenvalue weighted by Crippen LogP contribution is 2.17. The van der Waals surface area contributed by atoms with Crippen LogP contribution >= 0.6 is 24.0 Å². The first-order chi connectivity index (χ1) is 12.9. The molecule has 0 aliphatic carbocycles. The zero-order chi connectivity index (χ0) is 19.7. The summed E-state index contributed by atoms with van der Waals surface area (Å²) in [5.74, 6) is 0.837. The van der Waals surface area contributed by atoms with Gasteiger partial charge < -0.3 is 20.3 Å². The van der Waals surface area contributed by atoms with E-state index in [4.69, 9.17) is 4.74 Å². The fraction of sp³-hybridized carbons (Fsp3) is 0.667. The first-order valence-electron chi connectivity index (χ1n) is 9.97. The molecule has 0 amide bonds. The summed E-state index contributed by atoms with van der Waals surface area (Å²) in [5.41, 5.74) is 2.48. The Balaban J connectivity index is 0.00000392. The molecular formula is C21H38IN5O. The molecule has 0 unspecified atom stereocenters. The minimum atomic E-state index is -0.200. The highest BCUT2D eigenvalue weighted by molar-refractivity contribution is 14.0. The van der Waals surface area contributed by atoms with E-state index < -0.39 is 0 Å². The molecule has 0 atom stereocenters. The van der Waals surface area contributed by atoms with Gasteiger partial charge >= 0.3 is 0 Å². The summed E-state index contributed by atoms with van der Waals surface area (Å²) in [6, 6.07) is 8.81. The average molecular weight is 503 g/mol. The second-order valence-corrected chi connectivity index (χ2v) is 7.84. The summed E-state index contributed by atoms with van der Waals surface area (Å²) < 4.78 is 5.43. The van der Waals surface area contributed by atoms with E-state index >= 15 is 0 Å². The minimum absolute atomic E-state index is 0. The maximum Gasteiger partial charge on any atom is 0.191 e. The Labute approximate surface area is 188 Å². The zero-order valence-electron chi connectivity index (χ0n) is 18.1. The van der Waals surface area contributed by atoms with E-state index in [0.717, 1.165) is 58.2 Å². The normalized spacial score (nSPS) is 15.9. The van der Waals surface area contributed by atoms with E-state index in [1.54, 1.807) is 14.2 Å². The van der Waals surface area contributed by atoms with E-state index in [-0.39, 0.29) is 29.6 Å². The topological polar surface area (TPSA) is 52.1 Å². The van der Waals surface area contributed by atoms with Crippen molar-refractivity contribution in [2.75, 3.05) is 64.9 Å². The third kappa shape index (κ3) is 8.53. The summed E-state index contributed by atoms with van der Waals surface area (Å²) in [7, 11) is 3.54. The smallest absolute Gasteiger partial charge is 0.191 e. The number of halogens is 1. The van der Waals surface area contributed by atoms with Gasteiger partial charge in [0.25, 0.3) is 0 Å². The van der Waals surface area contributed by atoms with Gasteiger partial charge in [-0.15, -0.1) is 24.0 Å². The van der Waals surface area contributed by atoms with Gasteiger partial charge in [-0.25, -0.2) is 0 Å². The molecule has 0 bridgehead atoms. The highest BCUT2D eigenvalue weighted by atomic mass is 127. The molecule has 2 rings (SSSR count). The molecule has 7 heteroatoms. The lowest BCUT2D eigenvalue weighted by Gasteiger charge is -2.36. The lowest BCUT2D eigenvalue weighted by Crippen LogP contribution is -2.48. The van der Waals surface area contributed by atoms with Crippen molar-refractivity contribution < 1.29 is 4.74 Å². The average Bonchev–Trinajstić information content (AvgIpc) is 2.68. The van der Waals surface area contributed by atoms with Crippen molar-refractivity contribution in [3.05, 3.63) is 29.8 Å². The first kappa shape index (κ1) is 25.0. The highest BCUT2D eigenvalue weighted by Gasteiger charge is 2.18. The molecule has 1 saturated heterocycles. The molecule has 1 heterocycles. The molecule has 0 spiro atoms. The number of aryl methyl sites for hydroxylation is 1. The Morgan fingerprint density at radius 2 is 1.89 bits per heavy atom. The second-order valence-electron chi connectivity index (χ2n) is 7.84. The van der Waals surface area contributed by atoms with Gasteiger partial charge in [0.15, 0.2) is 5.96 Å². The molecule has 1 aromatic rings. The maximum atomic E-state index is 5.43. The van der Waals surface area contributed by atoms with E-state index in [9.17, 15) is 0 Å². The van der Waals surface area contributed by atoms with Gasteiger partial charge in [0.05, 0.1) is 5.60 Å². The van der Waals surface area contributed by atoms with Crippen molar-refractivity contribution in [3.63, 3.8) is 0 Å². The van der Waals surface area contributed by atoms with Crippen LogP contribution in [0.25, 0.3) is 0 Å². The van der Waals surface area contributed by atoms with Crippen LogP contribution < -0.4 is 15.5 Å². The Hall–Kier alpha value is -1.06. The fourth-order valence-electron chi connectivity index (χ4n) is 3.15. The van der Waals surface area contributed by atoms with Crippen molar-refractivity contribution in [1.82, 2.24) is 15.5 Å². The lowest BCUT2D eigenvalue weighted by molar-refractivity contribution is 0.0268. The number of ether oxygens (including phenoxy) is 1. The molecule has 160 valence electrons. The van der Waals surface area contributed by atoms with Crippen molar-refractivity contribution in [2.45, 2.75) is 32.8 Å². The predicted molar refractivity (Wildman–Crippen MR) is 130 cm³/mol. The zero-order valence-corrected chi connectivity index (χ0v) is 20.5. The molecule has 1 aliphatic rings. The van der Waals surface area contributed by atoms with Crippen LogP contribution in [0.3, 0.4) is 0 Å². The number of hydrogen-bond acceptors (Lipinski definition) is 4. The molecule has 1 aromatic carbocycles.